The summed E-state index contributed by atoms with van der Waals surface area (Å²) in [6.45, 7) is 6.49. The van der Waals surface area contributed by atoms with Gasteiger partial charge in [-0.2, -0.15) is 0 Å². The lowest BCUT2D eigenvalue weighted by molar-refractivity contribution is -0.156. The van der Waals surface area contributed by atoms with Gasteiger partial charge in [0.2, 0.25) is 17.7 Å². The standard InChI is InChI=1S/C29H40N4O11/c1-16-7-5-6-8-17(16)13-20(28(44)33(21(15-34)29(2,3)4)22(35)10-12-24(38)39)32-27(43)19(9-11-23(36)37)31-26(42)18(30)14-25(40)41/h5-8,15,18-21H,9-14,30H2,1-4H3,(H,31,42)(H,32,43)(H,36,37)(H,38,39)(H,40,41)/t18-,19-,20-,21+/m0/s1. The number of rotatable bonds is 17. The van der Waals surface area contributed by atoms with E-state index in [1.807, 2.05) is 0 Å². The Morgan fingerprint density at radius 2 is 1.43 bits per heavy atom. The number of nitrogens with one attached hydrogen (secondary N) is 2. The van der Waals surface area contributed by atoms with Crippen LogP contribution in [-0.4, -0.2) is 92.2 Å². The number of nitrogens with two attached hydrogens (primary N) is 1. The van der Waals surface area contributed by atoms with Crippen molar-refractivity contribution in [3.05, 3.63) is 35.4 Å². The molecule has 44 heavy (non-hydrogen) atoms. The van der Waals surface area contributed by atoms with Gasteiger partial charge in [-0.3, -0.25) is 38.5 Å². The fraction of sp³-hybridized carbons (Fsp3) is 0.517. The van der Waals surface area contributed by atoms with Crippen molar-refractivity contribution in [2.75, 3.05) is 0 Å². The average Bonchev–Trinajstić information content (AvgIpc) is 2.91. The predicted octanol–water partition coefficient (Wildman–Crippen LogP) is 0.00752. The molecule has 0 saturated carbocycles. The van der Waals surface area contributed by atoms with Crippen molar-refractivity contribution >= 4 is 47.8 Å². The molecule has 0 fully saturated rings. The normalized spacial score (nSPS) is 13.8. The molecule has 7 N–H and O–H groups in total. The van der Waals surface area contributed by atoms with Crippen LogP contribution < -0.4 is 16.4 Å². The lowest BCUT2D eigenvalue weighted by Crippen LogP contribution is -2.60. The smallest absolute Gasteiger partial charge is 0.305 e. The summed E-state index contributed by atoms with van der Waals surface area (Å²) in [7, 11) is 0. The Balaban J connectivity index is 3.59. The summed E-state index contributed by atoms with van der Waals surface area (Å²) in [5.41, 5.74) is 5.87. The molecule has 4 atom stereocenters. The molecule has 1 aromatic rings. The number of nitrogens with zero attached hydrogens (tertiary/aromatic N) is 1. The number of aldehydes is 1. The number of carboxylic acid groups (broad SMARTS) is 3. The number of aryl methyl sites for hydroxylation is 1. The Hall–Kier alpha value is -4.66. The fourth-order valence-corrected chi connectivity index (χ4v) is 4.20. The lowest BCUT2D eigenvalue weighted by atomic mass is 9.85. The third kappa shape index (κ3) is 11.9. The molecule has 242 valence electrons. The quantitative estimate of drug-likeness (QED) is 0.126. The molecular formula is C29H40N4O11. The van der Waals surface area contributed by atoms with Crippen molar-refractivity contribution < 1.29 is 53.7 Å². The van der Waals surface area contributed by atoms with E-state index in [0.29, 0.717) is 22.3 Å². The molecule has 1 rings (SSSR count). The Kier molecular flexibility index (Phi) is 14.3. The van der Waals surface area contributed by atoms with E-state index in [-0.39, 0.29) is 6.42 Å². The maximum Gasteiger partial charge on any atom is 0.305 e. The zero-order chi connectivity index (χ0) is 33.8. The Morgan fingerprint density at radius 1 is 0.864 bits per heavy atom. The van der Waals surface area contributed by atoms with Gasteiger partial charge in [0.25, 0.3) is 5.91 Å². The summed E-state index contributed by atoms with van der Waals surface area (Å²) >= 11 is 0. The monoisotopic (exact) mass is 620 g/mol. The number of benzene rings is 1. The van der Waals surface area contributed by atoms with Gasteiger partial charge in [0.15, 0.2) is 0 Å². The maximum absolute atomic E-state index is 14.1. The van der Waals surface area contributed by atoms with Crippen LogP contribution in [0.1, 0.15) is 64.0 Å². The average molecular weight is 621 g/mol. The number of imide groups is 1. The van der Waals surface area contributed by atoms with E-state index >= 15 is 0 Å². The maximum atomic E-state index is 14.1. The van der Waals surface area contributed by atoms with Crippen molar-refractivity contribution in [1.82, 2.24) is 15.5 Å². The first-order chi connectivity index (χ1) is 20.4. The number of carbonyl (C=O) groups excluding carboxylic acids is 5. The van der Waals surface area contributed by atoms with E-state index in [2.05, 4.69) is 10.6 Å². The molecule has 0 spiro atoms. The molecule has 0 unspecified atom stereocenters. The van der Waals surface area contributed by atoms with Gasteiger partial charge in [0.05, 0.1) is 24.9 Å². The number of hydrogen-bond acceptors (Lipinski definition) is 9. The Morgan fingerprint density at radius 3 is 1.93 bits per heavy atom. The van der Waals surface area contributed by atoms with Crippen LogP contribution in [-0.2, 0) is 44.8 Å². The molecule has 0 radical (unpaired) electrons. The van der Waals surface area contributed by atoms with Gasteiger partial charge < -0.3 is 36.5 Å². The van der Waals surface area contributed by atoms with E-state index in [4.69, 9.17) is 21.1 Å². The molecule has 0 aliphatic carbocycles. The molecule has 15 nitrogen and oxygen atoms in total. The predicted molar refractivity (Wildman–Crippen MR) is 154 cm³/mol. The highest BCUT2D eigenvalue weighted by Crippen LogP contribution is 2.25. The molecule has 1 aromatic carbocycles. The summed E-state index contributed by atoms with van der Waals surface area (Å²) in [6, 6.07) is 0.750. The molecule has 0 bridgehead atoms. The van der Waals surface area contributed by atoms with Crippen LogP contribution in [0.2, 0.25) is 0 Å². The SMILES string of the molecule is Cc1ccccc1C[C@H](NC(=O)[C@H](CCC(=O)O)NC(=O)[C@@H](N)CC(=O)O)C(=O)N(C(=O)CCC(=O)O)[C@H](C=O)C(C)(C)C. The molecule has 15 heteroatoms. The second-order valence-corrected chi connectivity index (χ2v) is 11.3. The van der Waals surface area contributed by atoms with Crippen LogP contribution >= 0.6 is 0 Å². The minimum atomic E-state index is -1.58. The second kappa shape index (κ2) is 16.8. The number of carboxylic acids is 3. The Bertz CT molecular complexity index is 1260. The molecular weight excluding hydrogens is 580 g/mol. The summed E-state index contributed by atoms with van der Waals surface area (Å²) in [6.07, 6.45) is -2.91. The second-order valence-electron chi connectivity index (χ2n) is 11.3. The van der Waals surface area contributed by atoms with Crippen LogP contribution in [0.4, 0.5) is 0 Å². The fourth-order valence-electron chi connectivity index (χ4n) is 4.20. The van der Waals surface area contributed by atoms with Crippen molar-refractivity contribution in [3.63, 3.8) is 0 Å². The first-order valence-corrected chi connectivity index (χ1v) is 13.8. The highest BCUT2D eigenvalue weighted by atomic mass is 16.4. The Labute approximate surface area is 254 Å². The highest BCUT2D eigenvalue weighted by molar-refractivity contribution is 6.03. The van der Waals surface area contributed by atoms with Crippen LogP contribution in [0.15, 0.2) is 24.3 Å². The third-order valence-corrected chi connectivity index (χ3v) is 6.66. The van der Waals surface area contributed by atoms with E-state index < -0.39 is 103 Å². The van der Waals surface area contributed by atoms with Gasteiger partial charge >= 0.3 is 17.9 Å². The molecule has 0 saturated heterocycles. The molecule has 0 aliphatic heterocycles. The van der Waals surface area contributed by atoms with Crippen LogP contribution in [0, 0.1) is 12.3 Å². The van der Waals surface area contributed by atoms with Crippen LogP contribution in [0.5, 0.6) is 0 Å². The van der Waals surface area contributed by atoms with Crippen molar-refractivity contribution in [2.24, 2.45) is 11.1 Å². The number of carbonyl (C=O) groups is 8. The zero-order valence-electron chi connectivity index (χ0n) is 25.1. The zero-order valence-corrected chi connectivity index (χ0v) is 25.1. The summed E-state index contributed by atoms with van der Waals surface area (Å²) in [4.78, 5) is 99.6. The van der Waals surface area contributed by atoms with Gasteiger partial charge in [0.1, 0.15) is 18.4 Å². The molecule has 4 amide bonds. The summed E-state index contributed by atoms with van der Waals surface area (Å²) in [5.74, 6) is -8.11. The molecule has 0 aromatic heterocycles. The number of hydrogen-bond donors (Lipinski definition) is 6. The van der Waals surface area contributed by atoms with Crippen molar-refractivity contribution in [3.8, 4) is 0 Å². The first kappa shape index (κ1) is 37.4. The molecule has 0 heterocycles. The van der Waals surface area contributed by atoms with Crippen LogP contribution in [0.25, 0.3) is 0 Å². The number of aliphatic carboxylic acids is 3. The highest BCUT2D eigenvalue weighted by Gasteiger charge is 2.41. The van der Waals surface area contributed by atoms with Crippen molar-refractivity contribution in [1.29, 1.82) is 0 Å². The minimum Gasteiger partial charge on any atom is -0.481 e. The summed E-state index contributed by atoms with van der Waals surface area (Å²) < 4.78 is 0. The third-order valence-electron chi connectivity index (χ3n) is 6.66. The van der Waals surface area contributed by atoms with Crippen LogP contribution in [0.3, 0.4) is 0 Å². The van der Waals surface area contributed by atoms with E-state index in [9.17, 15) is 38.4 Å². The van der Waals surface area contributed by atoms with E-state index in [1.165, 1.54) is 0 Å². The van der Waals surface area contributed by atoms with Gasteiger partial charge in [-0.1, -0.05) is 45.0 Å². The van der Waals surface area contributed by atoms with Gasteiger partial charge in [0, 0.05) is 19.3 Å². The van der Waals surface area contributed by atoms with Gasteiger partial charge in [-0.05, 0) is 29.9 Å². The lowest BCUT2D eigenvalue weighted by Gasteiger charge is -2.37. The van der Waals surface area contributed by atoms with Crippen molar-refractivity contribution in [2.45, 2.75) is 90.4 Å². The number of amides is 4. The molecule has 0 aliphatic rings. The first-order valence-electron chi connectivity index (χ1n) is 13.8. The van der Waals surface area contributed by atoms with Gasteiger partial charge in [-0.25, -0.2) is 0 Å². The largest absolute Gasteiger partial charge is 0.481 e. The summed E-state index contributed by atoms with van der Waals surface area (Å²) in [5, 5.41) is 31.9. The topological polar surface area (TPSA) is 251 Å². The van der Waals surface area contributed by atoms with E-state index in [0.717, 1.165) is 0 Å². The van der Waals surface area contributed by atoms with E-state index in [1.54, 1.807) is 52.0 Å². The van der Waals surface area contributed by atoms with Gasteiger partial charge in [-0.15, -0.1) is 0 Å². The minimum absolute atomic E-state index is 0.201.